The highest BCUT2D eigenvalue weighted by molar-refractivity contribution is 9.11. The molecule has 0 aliphatic rings. The zero-order chi connectivity index (χ0) is 12.8. The first kappa shape index (κ1) is 13.5. The summed E-state index contributed by atoms with van der Waals surface area (Å²) in [5.41, 5.74) is 1.72. The van der Waals surface area contributed by atoms with Crippen LogP contribution >= 0.6 is 15.9 Å². The fourth-order valence-corrected chi connectivity index (χ4v) is 1.39. The van der Waals surface area contributed by atoms with Gasteiger partial charge in [0.15, 0.2) is 0 Å². The third-order valence-electron chi connectivity index (χ3n) is 2.26. The first-order chi connectivity index (χ1) is 8.00. The number of benzene rings is 1. The van der Waals surface area contributed by atoms with Gasteiger partial charge in [-0.25, -0.2) is 0 Å². The summed E-state index contributed by atoms with van der Waals surface area (Å²) >= 11 is 3.26. The van der Waals surface area contributed by atoms with Crippen LogP contribution in [0, 0.1) is 0 Å². The smallest absolute Gasteiger partial charge is 0.0103 e. The molecule has 0 fully saturated rings. The van der Waals surface area contributed by atoms with Crippen LogP contribution in [0.5, 0.6) is 0 Å². The summed E-state index contributed by atoms with van der Waals surface area (Å²) in [6, 6.07) is 7.92. The monoisotopic (exact) mass is 286 g/mol. The van der Waals surface area contributed by atoms with Gasteiger partial charge in [0.1, 0.15) is 0 Å². The van der Waals surface area contributed by atoms with Gasteiger partial charge in [0.25, 0.3) is 0 Å². The molecule has 0 unspecified atom stereocenters. The topological polar surface area (TPSA) is 0 Å². The van der Waals surface area contributed by atoms with E-state index in [1.165, 1.54) is 0 Å². The van der Waals surface area contributed by atoms with E-state index in [0.717, 1.165) is 26.1 Å². The van der Waals surface area contributed by atoms with Gasteiger partial charge in [0, 0.05) is 4.48 Å². The van der Waals surface area contributed by atoms with Crippen LogP contribution in [0.2, 0.25) is 0 Å². The van der Waals surface area contributed by atoms with Gasteiger partial charge in [-0.15, -0.1) is 0 Å². The van der Waals surface area contributed by atoms with Crippen molar-refractivity contribution in [2.24, 2.45) is 0 Å². The summed E-state index contributed by atoms with van der Waals surface area (Å²) in [6.07, 6.45) is 5.70. The Bertz CT molecular complexity index is 588. The Morgan fingerprint density at radius 1 is 1.00 bits per heavy atom. The molecule has 1 aromatic rings. The lowest BCUT2D eigenvalue weighted by Crippen LogP contribution is -2.21. The number of halogens is 1. The molecule has 86 valence electrons. The maximum Gasteiger partial charge on any atom is 0.0103 e. The number of hydrogen-bond acceptors (Lipinski definition) is 0. The van der Waals surface area contributed by atoms with Crippen molar-refractivity contribution in [2.45, 2.75) is 0 Å². The molecule has 1 rings (SSSR count). The zero-order valence-electron chi connectivity index (χ0n) is 9.75. The highest BCUT2D eigenvalue weighted by atomic mass is 79.9. The molecular weight excluding hydrogens is 272 g/mol. The minimum atomic E-state index is 0.809. The van der Waals surface area contributed by atoms with E-state index in [1.807, 2.05) is 42.5 Å². The van der Waals surface area contributed by atoms with E-state index >= 15 is 0 Å². The lowest BCUT2D eigenvalue weighted by atomic mass is 10.1. The van der Waals surface area contributed by atoms with Crippen molar-refractivity contribution in [3.05, 3.63) is 82.2 Å². The molecule has 0 saturated carbocycles. The van der Waals surface area contributed by atoms with Gasteiger partial charge in [-0.05, 0) is 33.7 Å². The molecule has 0 bridgehead atoms. The van der Waals surface area contributed by atoms with Crippen LogP contribution in [0.3, 0.4) is 0 Å². The van der Waals surface area contributed by atoms with Gasteiger partial charge < -0.3 is 0 Å². The SMILES string of the molecule is C=C(Br)/C=C\C(=C)C(=C)/C=c1/ccccc1=C. The normalized spacial score (nSPS) is 11.7. The first-order valence-corrected chi connectivity index (χ1v) is 5.96. The van der Waals surface area contributed by atoms with Gasteiger partial charge in [0.2, 0.25) is 0 Å². The molecule has 0 nitrogen and oxygen atoms in total. The predicted octanol–water partition coefficient (Wildman–Crippen LogP) is 3.45. The van der Waals surface area contributed by atoms with Gasteiger partial charge in [-0.1, -0.05) is 72.6 Å². The highest BCUT2D eigenvalue weighted by Gasteiger charge is 1.92. The van der Waals surface area contributed by atoms with Crippen LogP contribution in [0.25, 0.3) is 12.7 Å². The van der Waals surface area contributed by atoms with Crippen LogP contribution in [0.4, 0.5) is 0 Å². The quantitative estimate of drug-likeness (QED) is 0.744. The summed E-state index contributed by atoms with van der Waals surface area (Å²) in [5, 5.41) is 2.04. The van der Waals surface area contributed by atoms with Crippen LogP contribution in [0.1, 0.15) is 0 Å². The molecule has 0 aromatic heterocycles. The average Bonchev–Trinajstić information content (AvgIpc) is 2.28. The molecule has 1 aromatic carbocycles. The molecule has 0 amide bonds. The number of rotatable bonds is 4. The lowest BCUT2D eigenvalue weighted by molar-refractivity contribution is 1.51. The van der Waals surface area contributed by atoms with Gasteiger partial charge >= 0.3 is 0 Å². The molecular formula is C16H15Br. The van der Waals surface area contributed by atoms with E-state index in [9.17, 15) is 0 Å². The molecule has 0 saturated heterocycles. The van der Waals surface area contributed by atoms with Crippen molar-refractivity contribution in [1.29, 1.82) is 0 Å². The zero-order valence-corrected chi connectivity index (χ0v) is 11.3. The molecule has 0 spiro atoms. The third kappa shape index (κ3) is 4.41. The number of allylic oxidation sites excluding steroid dienone is 5. The van der Waals surface area contributed by atoms with Crippen molar-refractivity contribution in [1.82, 2.24) is 0 Å². The van der Waals surface area contributed by atoms with Crippen molar-refractivity contribution in [3.63, 3.8) is 0 Å². The Kier molecular flexibility index (Phi) is 4.92. The fraction of sp³-hybridized carbons (Fsp3) is 0. The summed E-state index contributed by atoms with van der Waals surface area (Å²) in [4.78, 5) is 0. The predicted molar refractivity (Wildman–Crippen MR) is 81.2 cm³/mol. The molecule has 0 atom stereocenters. The molecule has 0 aliphatic carbocycles. The van der Waals surface area contributed by atoms with Crippen molar-refractivity contribution >= 4 is 28.6 Å². The number of hydrogen-bond donors (Lipinski definition) is 0. The molecule has 0 N–H and O–H groups in total. The third-order valence-corrected chi connectivity index (χ3v) is 2.53. The van der Waals surface area contributed by atoms with Crippen molar-refractivity contribution < 1.29 is 0 Å². The summed E-state index contributed by atoms with van der Waals surface area (Å²) in [7, 11) is 0. The van der Waals surface area contributed by atoms with E-state index in [1.54, 1.807) is 0 Å². The van der Waals surface area contributed by atoms with Gasteiger partial charge in [-0.2, -0.15) is 0 Å². The summed E-state index contributed by atoms with van der Waals surface area (Å²) in [5.74, 6) is 0. The Balaban J connectivity index is 2.98. The fourth-order valence-electron chi connectivity index (χ4n) is 1.25. The van der Waals surface area contributed by atoms with Crippen LogP contribution in [-0.2, 0) is 0 Å². The molecule has 0 aliphatic heterocycles. The van der Waals surface area contributed by atoms with Crippen molar-refractivity contribution in [2.75, 3.05) is 0 Å². The maximum absolute atomic E-state index is 3.99. The second-order valence-electron chi connectivity index (χ2n) is 3.67. The molecule has 0 heterocycles. The van der Waals surface area contributed by atoms with E-state index < -0.39 is 0 Å². The minimum absolute atomic E-state index is 0.809. The molecule has 1 heteroatoms. The molecule has 0 radical (unpaired) electrons. The Morgan fingerprint density at radius 3 is 2.24 bits per heavy atom. The van der Waals surface area contributed by atoms with Crippen molar-refractivity contribution in [3.8, 4) is 0 Å². The van der Waals surface area contributed by atoms with E-state index in [0.29, 0.717) is 0 Å². The van der Waals surface area contributed by atoms with Crippen LogP contribution in [0.15, 0.2) is 71.8 Å². The van der Waals surface area contributed by atoms with E-state index in [-0.39, 0.29) is 0 Å². The van der Waals surface area contributed by atoms with Gasteiger partial charge in [0.05, 0.1) is 0 Å². The molecule has 17 heavy (non-hydrogen) atoms. The van der Waals surface area contributed by atoms with Crippen LogP contribution in [-0.4, -0.2) is 0 Å². The largest absolute Gasteiger partial charge is 0.0912 e. The minimum Gasteiger partial charge on any atom is -0.0912 e. The maximum atomic E-state index is 3.99. The van der Waals surface area contributed by atoms with E-state index in [2.05, 4.69) is 42.2 Å². The highest BCUT2D eigenvalue weighted by Crippen LogP contribution is 2.11. The summed E-state index contributed by atoms with van der Waals surface area (Å²) in [6.45, 7) is 15.6. The second kappa shape index (κ2) is 6.21. The van der Waals surface area contributed by atoms with E-state index in [4.69, 9.17) is 0 Å². The first-order valence-electron chi connectivity index (χ1n) is 5.17. The lowest BCUT2D eigenvalue weighted by Gasteiger charge is -1.98. The Labute approximate surface area is 111 Å². The van der Waals surface area contributed by atoms with Crippen LogP contribution < -0.4 is 10.4 Å². The average molecular weight is 287 g/mol. The van der Waals surface area contributed by atoms with Gasteiger partial charge in [-0.3, -0.25) is 0 Å². The second-order valence-corrected chi connectivity index (χ2v) is 4.69. The Morgan fingerprint density at radius 2 is 1.65 bits per heavy atom. The standard InChI is InChI=1S/C16H15Br/c1-12(9-10-15(4)17)14(3)11-16-8-6-5-7-13(16)2/h5-11H,1-4H2/b10-9-,16-11-. The summed E-state index contributed by atoms with van der Waals surface area (Å²) < 4.78 is 0.809. The Hall–Kier alpha value is -1.60.